The first-order valence-corrected chi connectivity index (χ1v) is 6.44. The second-order valence-corrected chi connectivity index (χ2v) is 4.65. The highest BCUT2D eigenvalue weighted by Crippen LogP contribution is 2.12. The van der Waals surface area contributed by atoms with Gasteiger partial charge in [0.25, 0.3) is 0 Å². The average molecular weight is 254 g/mol. The number of halogens is 1. The van der Waals surface area contributed by atoms with E-state index in [1.807, 2.05) is 19.2 Å². The largest absolute Gasteiger partial charge is 0.396 e. The Morgan fingerprint density at radius 1 is 1.28 bits per heavy atom. The molecule has 18 heavy (non-hydrogen) atoms. The van der Waals surface area contributed by atoms with E-state index in [-0.39, 0.29) is 12.4 Å². The first-order valence-electron chi connectivity index (χ1n) is 6.44. The SMILES string of the molecule is CN(CCCCCO)Cc1ccc(CN)cc1F. The Hall–Kier alpha value is -0.970. The van der Waals surface area contributed by atoms with Gasteiger partial charge in [-0.3, -0.25) is 0 Å². The van der Waals surface area contributed by atoms with Gasteiger partial charge in [-0.05, 0) is 44.5 Å². The van der Waals surface area contributed by atoms with Gasteiger partial charge in [-0.25, -0.2) is 4.39 Å². The summed E-state index contributed by atoms with van der Waals surface area (Å²) in [5, 5.41) is 8.68. The molecule has 1 aromatic rings. The maximum atomic E-state index is 13.7. The second-order valence-electron chi connectivity index (χ2n) is 4.65. The summed E-state index contributed by atoms with van der Waals surface area (Å²) in [6.07, 6.45) is 2.88. The van der Waals surface area contributed by atoms with E-state index in [4.69, 9.17) is 10.8 Å². The second kappa shape index (κ2) is 8.19. The summed E-state index contributed by atoms with van der Waals surface area (Å²) in [7, 11) is 1.98. The highest BCUT2D eigenvalue weighted by Gasteiger charge is 2.06. The fourth-order valence-electron chi connectivity index (χ4n) is 1.89. The van der Waals surface area contributed by atoms with Crippen LogP contribution >= 0.6 is 0 Å². The smallest absolute Gasteiger partial charge is 0.128 e. The summed E-state index contributed by atoms with van der Waals surface area (Å²) >= 11 is 0. The van der Waals surface area contributed by atoms with Gasteiger partial charge in [0.2, 0.25) is 0 Å². The van der Waals surface area contributed by atoms with Gasteiger partial charge in [0, 0.05) is 25.3 Å². The molecule has 4 heteroatoms. The van der Waals surface area contributed by atoms with Crippen molar-refractivity contribution in [2.75, 3.05) is 20.2 Å². The number of hydrogen-bond acceptors (Lipinski definition) is 3. The molecule has 3 N–H and O–H groups in total. The van der Waals surface area contributed by atoms with Crippen LogP contribution in [-0.4, -0.2) is 30.2 Å². The van der Waals surface area contributed by atoms with Crippen LogP contribution in [0.1, 0.15) is 30.4 Å². The van der Waals surface area contributed by atoms with Gasteiger partial charge in [0.15, 0.2) is 0 Å². The van der Waals surface area contributed by atoms with Crippen molar-refractivity contribution in [3.05, 3.63) is 35.1 Å². The summed E-state index contributed by atoms with van der Waals surface area (Å²) in [5.41, 5.74) is 6.99. The van der Waals surface area contributed by atoms with E-state index >= 15 is 0 Å². The molecule has 0 fully saturated rings. The van der Waals surface area contributed by atoms with E-state index < -0.39 is 0 Å². The van der Waals surface area contributed by atoms with Crippen molar-refractivity contribution < 1.29 is 9.50 Å². The number of nitrogens with two attached hydrogens (primary N) is 1. The number of unbranched alkanes of at least 4 members (excludes halogenated alkanes) is 2. The number of rotatable bonds is 8. The van der Waals surface area contributed by atoms with Crippen molar-refractivity contribution in [3.63, 3.8) is 0 Å². The number of aliphatic hydroxyl groups excluding tert-OH is 1. The predicted molar refractivity (Wildman–Crippen MR) is 71.6 cm³/mol. The molecule has 1 rings (SSSR count). The molecule has 0 aromatic heterocycles. The van der Waals surface area contributed by atoms with Crippen LogP contribution in [0.25, 0.3) is 0 Å². The number of aliphatic hydroxyl groups is 1. The van der Waals surface area contributed by atoms with Crippen molar-refractivity contribution in [1.29, 1.82) is 0 Å². The third kappa shape index (κ3) is 5.12. The third-order valence-corrected chi connectivity index (χ3v) is 2.99. The number of nitrogens with zero attached hydrogens (tertiary/aromatic N) is 1. The van der Waals surface area contributed by atoms with Crippen LogP contribution in [0, 0.1) is 5.82 Å². The molecule has 0 saturated carbocycles. The molecule has 0 spiro atoms. The zero-order valence-corrected chi connectivity index (χ0v) is 11.0. The summed E-state index contributed by atoms with van der Waals surface area (Å²) in [6, 6.07) is 5.19. The van der Waals surface area contributed by atoms with Gasteiger partial charge >= 0.3 is 0 Å². The fraction of sp³-hybridized carbons (Fsp3) is 0.571. The molecule has 102 valence electrons. The first kappa shape index (κ1) is 15.1. The maximum Gasteiger partial charge on any atom is 0.128 e. The molecule has 3 nitrogen and oxygen atoms in total. The molecule has 0 aliphatic rings. The lowest BCUT2D eigenvalue weighted by atomic mass is 10.1. The van der Waals surface area contributed by atoms with Crippen LogP contribution in [0.4, 0.5) is 4.39 Å². The normalized spacial score (nSPS) is 11.2. The lowest BCUT2D eigenvalue weighted by molar-refractivity contribution is 0.270. The van der Waals surface area contributed by atoms with Crippen LogP contribution in [0.5, 0.6) is 0 Å². The molecule has 1 aromatic carbocycles. The Balaban J connectivity index is 2.41. The van der Waals surface area contributed by atoms with Crippen molar-refractivity contribution in [2.45, 2.75) is 32.4 Å². The van der Waals surface area contributed by atoms with E-state index in [1.54, 1.807) is 0 Å². The minimum Gasteiger partial charge on any atom is -0.396 e. The molecule has 0 unspecified atom stereocenters. The molecule has 0 saturated heterocycles. The summed E-state index contributed by atoms with van der Waals surface area (Å²) in [4.78, 5) is 2.10. The fourth-order valence-corrected chi connectivity index (χ4v) is 1.89. The number of hydrogen-bond donors (Lipinski definition) is 2. The molecular weight excluding hydrogens is 231 g/mol. The van der Waals surface area contributed by atoms with E-state index in [0.29, 0.717) is 18.7 Å². The van der Waals surface area contributed by atoms with Crippen molar-refractivity contribution >= 4 is 0 Å². The lowest BCUT2D eigenvalue weighted by Gasteiger charge is -2.17. The Morgan fingerprint density at radius 3 is 2.67 bits per heavy atom. The Labute approximate surface area is 108 Å². The van der Waals surface area contributed by atoms with Crippen molar-refractivity contribution in [3.8, 4) is 0 Å². The number of benzene rings is 1. The quantitative estimate of drug-likeness (QED) is 0.696. The Bertz CT molecular complexity index is 358. The highest BCUT2D eigenvalue weighted by molar-refractivity contribution is 5.24. The van der Waals surface area contributed by atoms with Crippen molar-refractivity contribution in [1.82, 2.24) is 4.90 Å². The van der Waals surface area contributed by atoms with Crippen LogP contribution in [0.15, 0.2) is 18.2 Å². The zero-order valence-electron chi connectivity index (χ0n) is 11.0. The van der Waals surface area contributed by atoms with E-state index in [1.165, 1.54) is 6.07 Å². The summed E-state index contributed by atoms with van der Waals surface area (Å²) < 4.78 is 13.7. The van der Waals surface area contributed by atoms with E-state index in [9.17, 15) is 4.39 Å². The topological polar surface area (TPSA) is 49.5 Å². The molecule has 0 heterocycles. The molecule has 0 amide bonds. The molecule has 0 bridgehead atoms. The van der Waals surface area contributed by atoms with Crippen LogP contribution in [0.3, 0.4) is 0 Å². The Morgan fingerprint density at radius 2 is 2.06 bits per heavy atom. The molecule has 0 radical (unpaired) electrons. The van der Waals surface area contributed by atoms with Gasteiger partial charge < -0.3 is 15.7 Å². The first-order chi connectivity index (χ1) is 8.67. The van der Waals surface area contributed by atoms with Gasteiger partial charge in [-0.2, -0.15) is 0 Å². The van der Waals surface area contributed by atoms with Gasteiger partial charge in [0.05, 0.1) is 0 Å². The van der Waals surface area contributed by atoms with E-state index in [0.717, 1.165) is 31.4 Å². The summed E-state index contributed by atoms with van der Waals surface area (Å²) in [5.74, 6) is -0.180. The van der Waals surface area contributed by atoms with Crippen LogP contribution < -0.4 is 5.73 Å². The van der Waals surface area contributed by atoms with Crippen LogP contribution in [-0.2, 0) is 13.1 Å². The Kier molecular flexibility index (Phi) is 6.86. The minimum atomic E-state index is -0.180. The van der Waals surface area contributed by atoms with Crippen LogP contribution in [0.2, 0.25) is 0 Å². The lowest BCUT2D eigenvalue weighted by Crippen LogP contribution is -2.20. The molecule has 0 aliphatic carbocycles. The maximum absolute atomic E-state index is 13.7. The third-order valence-electron chi connectivity index (χ3n) is 2.99. The molecule has 0 aliphatic heterocycles. The monoisotopic (exact) mass is 254 g/mol. The van der Waals surface area contributed by atoms with Gasteiger partial charge in [0.1, 0.15) is 5.82 Å². The predicted octanol–water partition coefficient (Wildman–Crippen LogP) is 1.88. The molecule has 0 atom stereocenters. The molecular formula is C14H23FN2O. The zero-order chi connectivity index (χ0) is 13.4. The standard InChI is InChI=1S/C14H23FN2O/c1-17(7-3-2-4-8-18)11-13-6-5-12(10-16)9-14(13)15/h5-6,9,18H,2-4,7-8,10-11,16H2,1H3. The van der Waals surface area contributed by atoms with Gasteiger partial charge in [-0.15, -0.1) is 0 Å². The van der Waals surface area contributed by atoms with E-state index in [2.05, 4.69) is 4.90 Å². The highest BCUT2D eigenvalue weighted by atomic mass is 19.1. The average Bonchev–Trinajstić information content (AvgIpc) is 2.37. The van der Waals surface area contributed by atoms with Crippen molar-refractivity contribution in [2.24, 2.45) is 5.73 Å². The minimum absolute atomic E-state index is 0.180. The summed E-state index contributed by atoms with van der Waals surface area (Å²) in [6.45, 7) is 2.14. The van der Waals surface area contributed by atoms with Gasteiger partial charge in [-0.1, -0.05) is 12.1 Å².